The average Bonchev–Trinajstić information content (AvgIpc) is 2.45. The molecule has 0 bridgehead atoms. The number of hydrogen-bond acceptors (Lipinski definition) is 3. The number of hydrogen-bond donors (Lipinski definition) is 0. The van der Waals surface area contributed by atoms with Gasteiger partial charge < -0.3 is 0 Å². The molecule has 0 saturated carbocycles. The van der Waals surface area contributed by atoms with E-state index in [1.165, 1.54) is 5.56 Å². The molecular weight excluding hydrogens is 284 g/mol. The molecule has 3 rings (SSSR count). The normalized spacial score (nSPS) is 27.1. The highest BCUT2D eigenvalue weighted by atomic mass is 32.2. The molecule has 1 aromatic rings. The zero-order chi connectivity index (χ0) is 14.9. The number of likely N-dealkylation sites (tertiary alicyclic amines) is 1. The smallest absolute Gasteiger partial charge is 0.214 e. The number of benzene rings is 1. The van der Waals surface area contributed by atoms with Gasteiger partial charge in [0, 0.05) is 32.2 Å². The third kappa shape index (κ3) is 3.15. The maximum absolute atomic E-state index is 12.2. The minimum Gasteiger partial charge on any atom is -0.294 e. The lowest BCUT2D eigenvalue weighted by Crippen LogP contribution is -2.64. The quantitative estimate of drug-likeness (QED) is 0.834. The van der Waals surface area contributed by atoms with Crippen LogP contribution in [0, 0.1) is 5.92 Å². The van der Waals surface area contributed by atoms with Crippen molar-refractivity contribution in [3.8, 4) is 0 Å². The third-order valence-corrected chi connectivity index (χ3v) is 6.75. The Morgan fingerprint density at radius 3 is 2.67 bits per heavy atom. The van der Waals surface area contributed by atoms with Crippen molar-refractivity contribution in [2.75, 3.05) is 25.4 Å². The van der Waals surface area contributed by atoms with E-state index in [4.69, 9.17) is 0 Å². The molecule has 2 heterocycles. The van der Waals surface area contributed by atoms with E-state index >= 15 is 0 Å². The number of piperidine rings is 1. The average molecular weight is 308 g/mol. The molecule has 0 unspecified atom stereocenters. The minimum absolute atomic E-state index is 0.281. The van der Waals surface area contributed by atoms with Gasteiger partial charge in [-0.1, -0.05) is 37.3 Å². The largest absolute Gasteiger partial charge is 0.294 e. The summed E-state index contributed by atoms with van der Waals surface area (Å²) >= 11 is 0. The Morgan fingerprint density at radius 2 is 1.95 bits per heavy atom. The molecule has 2 saturated heterocycles. The Bertz CT molecular complexity index is 573. The standard InChI is InChI=1S/C16H24N2O2S/c1-2-10-21(19,20)18-9-8-15-12-17(16(15)13-18)11-14-6-4-3-5-7-14/h3-7,15-16H,2,8-13H2,1H3/t15-,16-/m1/s1. The zero-order valence-corrected chi connectivity index (χ0v) is 13.4. The summed E-state index contributed by atoms with van der Waals surface area (Å²) in [5, 5.41) is 0. The first-order valence-corrected chi connectivity index (χ1v) is 9.47. The van der Waals surface area contributed by atoms with Crippen LogP contribution >= 0.6 is 0 Å². The van der Waals surface area contributed by atoms with Gasteiger partial charge in [0.25, 0.3) is 0 Å². The van der Waals surface area contributed by atoms with E-state index in [0.29, 0.717) is 31.5 Å². The van der Waals surface area contributed by atoms with E-state index in [2.05, 4.69) is 29.2 Å². The molecule has 0 aromatic heterocycles. The molecule has 5 heteroatoms. The van der Waals surface area contributed by atoms with E-state index in [1.54, 1.807) is 4.31 Å². The van der Waals surface area contributed by atoms with Gasteiger partial charge in [-0.2, -0.15) is 0 Å². The van der Waals surface area contributed by atoms with Gasteiger partial charge in [0.05, 0.1) is 5.75 Å². The first-order valence-electron chi connectivity index (χ1n) is 7.86. The van der Waals surface area contributed by atoms with Crippen LogP contribution in [0.15, 0.2) is 30.3 Å². The number of nitrogens with zero attached hydrogens (tertiary/aromatic N) is 2. The minimum atomic E-state index is -3.05. The zero-order valence-electron chi connectivity index (χ0n) is 12.6. The van der Waals surface area contributed by atoms with E-state index in [9.17, 15) is 8.42 Å². The molecule has 2 atom stereocenters. The molecular formula is C16H24N2O2S. The van der Waals surface area contributed by atoms with E-state index < -0.39 is 10.0 Å². The predicted molar refractivity (Wildman–Crippen MR) is 84.4 cm³/mol. The second kappa shape index (κ2) is 6.07. The number of rotatable bonds is 5. The Hall–Kier alpha value is -0.910. The maximum Gasteiger partial charge on any atom is 0.214 e. The Morgan fingerprint density at radius 1 is 1.19 bits per heavy atom. The van der Waals surface area contributed by atoms with Crippen LogP contribution < -0.4 is 0 Å². The Balaban J connectivity index is 1.63. The molecule has 2 aliphatic rings. The van der Waals surface area contributed by atoms with Gasteiger partial charge in [-0.3, -0.25) is 4.90 Å². The van der Waals surface area contributed by atoms with E-state index in [0.717, 1.165) is 19.5 Å². The van der Waals surface area contributed by atoms with Crippen molar-refractivity contribution < 1.29 is 8.42 Å². The monoisotopic (exact) mass is 308 g/mol. The fourth-order valence-electron chi connectivity index (χ4n) is 3.52. The fraction of sp³-hybridized carbons (Fsp3) is 0.625. The highest BCUT2D eigenvalue weighted by Crippen LogP contribution is 2.34. The molecule has 1 aromatic carbocycles. The highest BCUT2D eigenvalue weighted by Gasteiger charge is 2.44. The first kappa shape index (κ1) is 15.0. The van der Waals surface area contributed by atoms with Gasteiger partial charge in [0.15, 0.2) is 0 Å². The van der Waals surface area contributed by atoms with Gasteiger partial charge >= 0.3 is 0 Å². The van der Waals surface area contributed by atoms with Crippen molar-refractivity contribution in [1.29, 1.82) is 0 Å². The molecule has 0 aliphatic carbocycles. The van der Waals surface area contributed by atoms with E-state index in [-0.39, 0.29) is 5.75 Å². The van der Waals surface area contributed by atoms with Gasteiger partial charge in [0.2, 0.25) is 10.0 Å². The highest BCUT2D eigenvalue weighted by molar-refractivity contribution is 7.89. The topological polar surface area (TPSA) is 40.6 Å². The summed E-state index contributed by atoms with van der Waals surface area (Å²) in [6.07, 6.45) is 1.71. The summed E-state index contributed by atoms with van der Waals surface area (Å²) in [5.41, 5.74) is 1.31. The van der Waals surface area contributed by atoms with Crippen molar-refractivity contribution in [1.82, 2.24) is 9.21 Å². The molecule has 0 N–H and O–H groups in total. The summed E-state index contributed by atoms with van der Waals surface area (Å²) in [5.74, 6) is 0.963. The fourth-order valence-corrected chi connectivity index (χ4v) is 5.05. The summed E-state index contributed by atoms with van der Waals surface area (Å²) < 4.78 is 26.2. The SMILES string of the molecule is CCCS(=O)(=O)N1CC[C@@H]2CN(Cc3ccccc3)[C@@H]2C1. The summed E-state index contributed by atoms with van der Waals surface area (Å²) in [7, 11) is -3.05. The second-order valence-corrected chi connectivity index (χ2v) is 8.29. The second-order valence-electron chi connectivity index (χ2n) is 6.21. The van der Waals surface area contributed by atoms with Crippen LogP contribution in [0.3, 0.4) is 0 Å². The predicted octanol–water partition coefficient (Wildman–Crippen LogP) is 1.93. The number of sulfonamides is 1. The van der Waals surface area contributed by atoms with Crippen LogP contribution in [-0.2, 0) is 16.6 Å². The van der Waals surface area contributed by atoms with E-state index in [1.807, 2.05) is 13.0 Å². The maximum atomic E-state index is 12.2. The van der Waals surface area contributed by atoms with Crippen molar-refractivity contribution in [2.24, 2.45) is 5.92 Å². The molecule has 0 radical (unpaired) electrons. The van der Waals surface area contributed by atoms with Crippen LogP contribution in [0.1, 0.15) is 25.3 Å². The van der Waals surface area contributed by atoms with Crippen LogP contribution in [0.2, 0.25) is 0 Å². The Labute approximate surface area is 127 Å². The van der Waals surface area contributed by atoms with Crippen LogP contribution in [0.4, 0.5) is 0 Å². The van der Waals surface area contributed by atoms with Gasteiger partial charge in [-0.05, 0) is 24.3 Å². The summed E-state index contributed by atoms with van der Waals surface area (Å²) in [6, 6.07) is 10.8. The molecule has 116 valence electrons. The van der Waals surface area contributed by atoms with Crippen LogP contribution in [-0.4, -0.2) is 49.1 Å². The number of fused-ring (bicyclic) bond motifs is 1. The molecule has 0 spiro atoms. The molecule has 4 nitrogen and oxygen atoms in total. The Kier molecular flexibility index (Phi) is 4.33. The lowest BCUT2D eigenvalue weighted by atomic mass is 9.83. The molecule has 2 aliphatic heterocycles. The van der Waals surface area contributed by atoms with Gasteiger partial charge in [0.1, 0.15) is 0 Å². The first-order chi connectivity index (χ1) is 10.1. The van der Waals surface area contributed by atoms with Gasteiger partial charge in [-0.15, -0.1) is 0 Å². The molecule has 21 heavy (non-hydrogen) atoms. The molecule has 2 fully saturated rings. The lowest BCUT2D eigenvalue weighted by molar-refractivity contribution is -0.0308. The van der Waals surface area contributed by atoms with Crippen molar-refractivity contribution in [3.63, 3.8) is 0 Å². The van der Waals surface area contributed by atoms with Crippen molar-refractivity contribution in [3.05, 3.63) is 35.9 Å². The van der Waals surface area contributed by atoms with Gasteiger partial charge in [-0.25, -0.2) is 12.7 Å². The summed E-state index contributed by atoms with van der Waals surface area (Å²) in [6.45, 7) is 5.36. The summed E-state index contributed by atoms with van der Waals surface area (Å²) in [4.78, 5) is 2.42. The van der Waals surface area contributed by atoms with Crippen LogP contribution in [0.25, 0.3) is 0 Å². The third-order valence-electron chi connectivity index (χ3n) is 4.71. The lowest BCUT2D eigenvalue weighted by Gasteiger charge is -2.53. The van der Waals surface area contributed by atoms with Crippen LogP contribution in [0.5, 0.6) is 0 Å². The van der Waals surface area contributed by atoms with Crippen molar-refractivity contribution in [2.45, 2.75) is 32.4 Å². The van der Waals surface area contributed by atoms with Crippen molar-refractivity contribution >= 4 is 10.0 Å². The molecule has 0 amide bonds.